The minimum Gasteiger partial charge on any atom is -0.399 e. The molecule has 2 N–H and O–H groups in total. The molecule has 2 nitrogen and oxygen atoms in total. The predicted molar refractivity (Wildman–Crippen MR) is 76.3 cm³/mol. The predicted octanol–water partition coefficient (Wildman–Crippen LogP) is 3.45. The van der Waals surface area contributed by atoms with Crippen molar-refractivity contribution in [3.63, 3.8) is 0 Å². The van der Waals surface area contributed by atoms with Crippen molar-refractivity contribution < 1.29 is 0 Å². The molecule has 18 heavy (non-hydrogen) atoms. The summed E-state index contributed by atoms with van der Waals surface area (Å²) in [4.78, 5) is 2.70. The zero-order valence-corrected chi connectivity index (χ0v) is 11.3. The second-order valence-electron chi connectivity index (χ2n) is 6.17. The monoisotopic (exact) mass is 244 g/mol. The van der Waals surface area contributed by atoms with E-state index in [1.54, 1.807) is 0 Å². The molecule has 1 aromatic rings. The molecule has 1 saturated carbocycles. The fourth-order valence-electron chi connectivity index (χ4n) is 3.24. The number of benzene rings is 1. The lowest BCUT2D eigenvalue weighted by Crippen LogP contribution is -2.37. The molecular weight excluding hydrogens is 220 g/mol. The molecule has 1 aromatic carbocycles. The summed E-state index contributed by atoms with van der Waals surface area (Å²) in [6.45, 7) is 4.90. The van der Waals surface area contributed by atoms with Crippen molar-refractivity contribution in [1.29, 1.82) is 0 Å². The molecule has 2 heteroatoms. The maximum absolute atomic E-state index is 5.95. The first-order valence-corrected chi connectivity index (χ1v) is 7.33. The van der Waals surface area contributed by atoms with Crippen molar-refractivity contribution in [1.82, 2.24) is 4.90 Å². The van der Waals surface area contributed by atoms with Gasteiger partial charge in [0.05, 0.1) is 0 Å². The van der Waals surface area contributed by atoms with Gasteiger partial charge in [0, 0.05) is 11.7 Å². The van der Waals surface area contributed by atoms with Crippen LogP contribution in [-0.2, 0) is 0 Å². The van der Waals surface area contributed by atoms with Gasteiger partial charge in [-0.1, -0.05) is 19.1 Å². The number of hydrogen-bond acceptors (Lipinski definition) is 2. The first-order chi connectivity index (χ1) is 8.74. The highest BCUT2D eigenvalue weighted by molar-refractivity contribution is 5.42. The molecule has 0 bridgehead atoms. The summed E-state index contributed by atoms with van der Waals surface area (Å²) in [5.74, 6) is 1.78. The number of likely N-dealkylation sites (tertiary alicyclic amines) is 1. The van der Waals surface area contributed by atoms with Crippen LogP contribution in [0.25, 0.3) is 0 Å². The number of rotatable bonds is 3. The van der Waals surface area contributed by atoms with E-state index < -0.39 is 0 Å². The molecule has 98 valence electrons. The van der Waals surface area contributed by atoms with Gasteiger partial charge < -0.3 is 5.73 Å². The van der Waals surface area contributed by atoms with E-state index in [0.717, 1.165) is 17.5 Å². The first-order valence-electron chi connectivity index (χ1n) is 7.33. The number of piperidine rings is 1. The van der Waals surface area contributed by atoms with Crippen LogP contribution in [0.15, 0.2) is 24.3 Å². The summed E-state index contributed by atoms with van der Waals surface area (Å²) in [6.07, 6.45) is 5.49. The third kappa shape index (κ3) is 2.54. The number of hydrogen-bond donors (Lipinski definition) is 1. The lowest BCUT2D eigenvalue weighted by Gasteiger charge is -2.37. The topological polar surface area (TPSA) is 29.3 Å². The van der Waals surface area contributed by atoms with E-state index in [2.05, 4.69) is 30.0 Å². The van der Waals surface area contributed by atoms with Crippen LogP contribution in [0.5, 0.6) is 0 Å². The van der Waals surface area contributed by atoms with Gasteiger partial charge in [0.15, 0.2) is 0 Å². The van der Waals surface area contributed by atoms with E-state index in [1.165, 1.54) is 44.3 Å². The zero-order chi connectivity index (χ0) is 12.5. The SMILES string of the molecule is CC1CCN(C(c2cccc(N)c2)C2CC2)CC1. The number of nitrogens with zero attached hydrogens (tertiary/aromatic N) is 1. The Morgan fingerprint density at radius 1 is 1.17 bits per heavy atom. The number of anilines is 1. The van der Waals surface area contributed by atoms with Crippen molar-refractivity contribution in [2.45, 2.75) is 38.6 Å². The van der Waals surface area contributed by atoms with Gasteiger partial charge in [-0.2, -0.15) is 0 Å². The minimum atomic E-state index is 0.626. The summed E-state index contributed by atoms with van der Waals surface area (Å²) >= 11 is 0. The Morgan fingerprint density at radius 3 is 2.50 bits per heavy atom. The lowest BCUT2D eigenvalue weighted by atomic mass is 9.93. The average Bonchev–Trinajstić information content (AvgIpc) is 3.17. The molecule has 1 aliphatic heterocycles. The average molecular weight is 244 g/mol. The highest BCUT2D eigenvalue weighted by Crippen LogP contribution is 2.45. The quantitative estimate of drug-likeness (QED) is 0.825. The van der Waals surface area contributed by atoms with Gasteiger partial charge in [-0.3, -0.25) is 4.90 Å². The van der Waals surface area contributed by atoms with Crippen LogP contribution in [-0.4, -0.2) is 18.0 Å². The third-order valence-corrected chi connectivity index (χ3v) is 4.53. The molecule has 1 unspecified atom stereocenters. The van der Waals surface area contributed by atoms with Crippen LogP contribution in [0, 0.1) is 11.8 Å². The van der Waals surface area contributed by atoms with Gasteiger partial charge in [-0.25, -0.2) is 0 Å². The molecule has 1 aliphatic carbocycles. The molecule has 0 radical (unpaired) electrons. The van der Waals surface area contributed by atoms with E-state index in [0.29, 0.717) is 6.04 Å². The van der Waals surface area contributed by atoms with Gasteiger partial charge in [0.25, 0.3) is 0 Å². The Bertz CT molecular complexity index is 403. The van der Waals surface area contributed by atoms with Crippen LogP contribution in [0.1, 0.15) is 44.2 Å². The molecule has 1 heterocycles. The molecule has 2 aliphatic rings. The van der Waals surface area contributed by atoms with E-state index in [1.807, 2.05) is 6.07 Å². The van der Waals surface area contributed by atoms with Crippen LogP contribution in [0.2, 0.25) is 0 Å². The standard InChI is InChI=1S/C16H24N2/c1-12-7-9-18(10-8-12)16(13-5-6-13)14-3-2-4-15(17)11-14/h2-4,11-13,16H,5-10,17H2,1H3. The maximum atomic E-state index is 5.95. The second kappa shape index (κ2) is 4.93. The molecular formula is C16H24N2. The lowest BCUT2D eigenvalue weighted by molar-refractivity contribution is 0.123. The summed E-state index contributed by atoms with van der Waals surface area (Å²) in [5, 5.41) is 0. The Morgan fingerprint density at radius 2 is 1.89 bits per heavy atom. The molecule has 1 atom stereocenters. The molecule has 0 spiro atoms. The van der Waals surface area contributed by atoms with Gasteiger partial charge in [-0.05, 0) is 68.3 Å². The van der Waals surface area contributed by atoms with Gasteiger partial charge >= 0.3 is 0 Å². The molecule has 0 amide bonds. The maximum Gasteiger partial charge on any atom is 0.0377 e. The Kier molecular flexibility index (Phi) is 3.29. The van der Waals surface area contributed by atoms with Gasteiger partial charge in [-0.15, -0.1) is 0 Å². The summed E-state index contributed by atoms with van der Waals surface area (Å²) in [7, 11) is 0. The second-order valence-corrected chi connectivity index (χ2v) is 6.17. The Labute approximate surface area is 110 Å². The van der Waals surface area contributed by atoms with Crippen LogP contribution < -0.4 is 5.73 Å². The summed E-state index contributed by atoms with van der Waals surface area (Å²) in [6, 6.07) is 9.16. The van der Waals surface area contributed by atoms with Crippen molar-refractivity contribution in [3.05, 3.63) is 29.8 Å². The van der Waals surface area contributed by atoms with Crippen molar-refractivity contribution in [3.8, 4) is 0 Å². The molecule has 2 fully saturated rings. The minimum absolute atomic E-state index is 0.626. The van der Waals surface area contributed by atoms with E-state index >= 15 is 0 Å². The summed E-state index contributed by atoms with van der Waals surface area (Å²) in [5.41, 5.74) is 8.29. The van der Waals surface area contributed by atoms with E-state index in [-0.39, 0.29) is 0 Å². The van der Waals surface area contributed by atoms with E-state index in [4.69, 9.17) is 5.73 Å². The van der Waals surface area contributed by atoms with Gasteiger partial charge in [0.1, 0.15) is 0 Å². The Hall–Kier alpha value is -1.02. The highest BCUT2D eigenvalue weighted by atomic mass is 15.2. The van der Waals surface area contributed by atoms with Crippen molar-refractivity contribution in [2.75, 3.05) is 18.8 Å². The molecule has 3 rings (SSSR count). The smallest absolute Gasteiger partial charge is 0.0377 e. The normalized spacial score (nSPS) is 24.1. The fraction of sp³-hybridized carbons (Fsp3) is 0.625. The van der Waals surface area contributed by atoms with Crippen LogP contribution in [0.3, 0.4) is 0 Å². The first kappa shape index (κ1) is 12.0. The molecule has 0 aromatic heterocycles. The van der Waals surface area contributed by atoms with E-state index in [9.17, 15) is 0 Å². The molecule has 1 saturated heterocycles. The number of nitrogen functional groups attached to an aromatic ring is 1. The fourth-order valence-corrected chi connectivity index (χ4v) is 3.24. The zero-order valence-electron chi connectivity index (χ0n) is 11.3. The van der Waals surface area contributed by atoms with Crippen molar-refractivity contribution >= 4 is 5.69 Å². The van der Waals surface area contributed by atoms with Crippen LogP contribution in [0.4, 0.5) is 5.69 Å². The van der Waals surface area contributed by atoms with Crippen molar-refractivity contribution in [2.24, 2.45) is 11.8 Å². The third-order valence-electron chi connectivity index (χ3n) is 4.53. The summed E-state index contributed by atoms with van der Waals surface area (Å²) < 4.78 is 0. The number of nitrogens with two attached hydrogens (primary N) is 1. The Balaban J connectivity index is 1.80. The van der Waals surface area contributed by atoms with Gasteiger partial charge in [0.2, 0.25) is 0 Å². The largest absolute Gasteiger partial charge is 0.399 e. The van der Waals surface area contributed by atoms with Crippen LogP contribution >= 0.6 is 0 Å². The highest BCUT2D eigenvalue weighted by Gasteiger charge is 2.37.